The minimum absolute atomic E-state index is 0.00306. The molecule has 1 aliphatic carbocycles. The fourth-order valence-electron chi connectivity index (χ4n) is 3.40. The molecule has 1 aromatic carbocycles. The first-order valence-electron chi connectivity index (χ1n) is 6.70. The highest BCUT2D eigenvalue weighted by atomic mass is 16.5. The summed E-state index contributed by atoms with van der Waals surface area (Å²) in [5, 5.41) is 0. The predicted octanol–water partition coefficient (Wildman–Crippen LogP) is 1.17. The molecule has 0 radical (unpaired) electrons. The van der Waals surface area contributed by atoms with Crippen molar-refractivity contribution in [2.75, 3.05) is 23.8 Å². The smallest absolute Gasteiger partial charge is 0.265 e. The van der Waals surface area contributed by atoms with E-state index in [-0.39, 0.29) is 24.7 Å². The van der Waals surface area contributed by atoms with Gasteiger partial charge in [0.15, 0.2) is 6.61 Å². The molecule has 2 N–H and O–H groups in total. The molecule has 2 aliphatic heterocycles. The summed E-state index contributed by atoms with van der Waals surface area (Å²) < 4.78 is 11.2. The van der Waals surface area contributed by atoms with Crippen LogP contribution in [0.3, 0.4) is 0 Å². The summed E-state index contributed by atoms with van der Waals surface area (Å²) in [7, 11) is 0. The number of hydrogen-bond acceptors (Lipinski definition) is 4. The zero-order valence-electron chi connectivity index (χ0n) is 10.5. The number of carbonyl (C=O) groups is 1. The van der Waals surface area contributed by atoms with Crippen molar-refractivity contribution < 1.29 is 14.3 Å². The van der Waals surface area contributed by atoms with Crippen molar-refractivity contribution >= 4 is 17.3 Å². The maximum Gasteiger partial charge on any atom is 0.265 e. The lowest BCUT2D eigenvalue weighted by Gasteiger charge is -2.54. The van der Waals surface area contributed by atoms with Crippen LogP contribution in [0.2, 0.25) is 0 Å². The van der Waals surface area contributed by atoms with Crippen LogP contribution in [-0.2, 0) is 9.53 Å². The second-order valence-corrected chi connectivity index (χ2v) is 5.46. The lowest BCUT2D eigenvalue weighted by molar-refractivity contribution is -0.134. The Balaban J connectivity index is 1.75. The number of amides is 1. The van der Waals surface area contributed by atoms with Crippen LogP contribution in [0.1, 0.15) is 12.8 Å². The third-order valence-corrected chi connectivity index (χ3v) is 4.38. The van der Waals surface area contributed by atoms with E-state index >= 15 is 0 Å². The van der Waals surface area contributed by atoms with E-state index < -0.39 is 0 Å². The summed E-state index contributed by atoms with van der Waals surface area (Å²) in [6, 6.07) is 5.61. The number of nitrogens with two attached hydrogens (primary N) is 1. The van der Waals surface area contributed by atoms with Crippen molar-refractivity contribution in [3.8, 4) is 5.75 Å². The van der Waals surface area contributed by atoms with E-state index in [4.69, 9.17) is 15.2 Å². The molecule has 2 fully saturated rings. The number of benzene rings is 1. The van der Waals surface area contributed by atoms with Crippen LogP contribution < -0.4 is 15.4 Å². The molecule has 3 atom stereocenters. The topological polar surface area (TPSA) is 64.8 Å². The fraction of sp³-hybridized carbons (Fsp3) is 0.500. The van der Waals surface area contributed by atoms with E-state index in [1.54, 1.807) is 6.07 Å². The Morgan fingerprint density at radius 1 is 1.37 bits per heavy atom. The summed E-state index contributed by atoms with van der Waals surface area (Å²) >= 11 is 0. The van der Waals surface area contributed by atoms with Gasteiger partial charge in [-0.2, -0.15) is 0 Å². The zero-order chi connectivity index (χ0) is 13.0. The molecule has 2 heterocycles. The van der Waals surface area contributed by atoms with Crippen LogP contribution in [0.4, 0.5) is 11.4 Å². The maximum absolute atomic E-state index is 12.2. The Morgan fingerprint density at radius 3 is 3.00 bits per heavy atom. The van der Waals surface area contributed by atoms with E-state index in [0.717, 1.165) is 30.9 Å². The van der Waals surface area contributed by atoms with Crippen molar-refractivity contribution in [2.45, 2.75) is 25.0 Å². The van der Waals surface area contributed by atoms with Gasteiger partial charge in [0.1, 0.15) is 5.75 Å². The van der Waals surface area contributed by atoms with Crippen LogP contribution in [0.15, 0.2) is 18.2 Å². The van der Waals surface area contributed by atoms with Gasteiger partial charge in [0.2, 0.25) is 0 Å². The van der Waals surface area contributed by atoms with Crippen molar-refractivity contribution in [3.05, 3.63) is 18.2 Å². The van der Waals surface area contributed by atoms with E-state index in [2.05, 4.69) is 0 Å². The van der Waals surface area contributed by atoms with E-state index in [1.165, 1.54) is 0 Å². The van der Waals surface area contributed by atoms with Crippen molar-refractivity contribution in [1.82, 2.24) is 0 Å². The van der Waals surface area contributed by atoms with Gasteiger partial charge in [-0.3, -0.25) is 9.69 Å². The molecule has 3 unspecified atom stereocenters. The van der Waals surface area contributed by atoms with Gasteiger partial charge < -0.3 is 15.2 Å². The van der Waals surface area contributed by atoms with Crippen molar-refractivity contribution in [3.63, 3.8) is 0 Å². The molecule has 19 heavy (non-hydrogen) atoms. The largest absolute Gasteiger partial charge is 0.482 e. The van der Waals surface area contributed by atoms with Crippen molar-refractivity contribution in [2.24, 2.45) is 5.92 Å². The minimum atomic E-state index is 0.00306. The van der Waals surface area contributed by atoms with Gasteiger partial charge in [-0.15, -0.1) is 0 Å². The van der Waals surface area contributed by atoms with E-state index in [1.807, 2.05) is 17.0 Å². The van der Waals surface area contributed by atoms with Gasteiger partial charge >= 0.3 is 0 Å². The Hall–Kier alpha value is -1.75. The average Bonchev–Trinajstić information content (AvgIpc) is 2.42. The Labute approximate surface area is 111 Å². The van der Waals surface area contributed by atoms with Gasteiger partial charge in [-0.05, 0) is 37.0 Å². The molecule has 100 valence electrons. The monoisotopic (exact) mass is 260 g/mol. The van der Waals surface area contributed by atoms with Crippen LogP contribution >= 0.6 is 0 Å². The second kappa shape index (κ2) is 3.87. The van der Waals surface area contributed by atoms with Crippen LogP contribution in [0.5, 0.6) is 5.75 Å². The first-order chi connectivity index (χ1) is 9.24. The lowest BCUT2D eigenvalue weighted by Crippen LogP contribution is -2.64. The highest BCUT2D eigenvalue weighted by molar-refractivity contribution is 5.99. The number of rotatable bonds is 1. The zero-order valence-corrected chi connectivity index (χ0v) is 10.5. The van der Waals surface area contributed by atoms with Crippen LogP contribution in [0.25, 0.3) is 0 Å². The molecule has 2 bridgehead atoms. The minimum Gasteiger partial charge on any atom is -0.482 e. The fourth-order valence-corrected chi connectivity index (χ4v) is 3.40. The lowest BCUT2D eigenvalue weighted by atomic mass is 9.71. The Morgan fingerprint density at radius 2 is 2.26 bits per heavy atom. The average molecular weight is 260 g/mol. The van der Waals surface area contributed by atoms with Gasteiger partial charge in [0.25, 0.3) is 5.91 Å². The Bertz CT molecular complexity index is 531. The Kier molecular flexibility index (Phi) is 2.26. The van der Waals surface area contributed by atoms with E-state index in [9.17, 15) is 4.79 Å². The molecule has 4 rings (SSSR count). The molecule has 3 aliphatic rings. The first-order valence-corrected chi connectivity index (χ1v) is 6.70. The summed E-state index contributed by atoms with van der Waals surface area (Å²) in [6.07, 6.45) is 2.27. The molecule has 1 saturated carbocycles. The third-order valence-electron chi connectivity index (χ3n) is 4.38. The third kappa shape index (κ3) is 1.54. The first kappa shape index (κ1) is 11.1. The van der Waals surface area contributed by atoms with Crippen LogP contribution in [0, 0.1) is 5.92 Å². The molecule has 1 amide bonds. The van der Waals surface area contributed by atoms with Gasteiger partial charge in [0.05, 0.1) is 17.8 Å². The summed E-state index contributed by atoms with van der Waals surface area (Å²) in [5.41, 5.74) is 7.28. The SMILES string of the molecule is Nc1ccc2c(c1)N(C1C3CCOC1C3)C(=O)CO2. The molecule has 5 nitrogen and oxygen atoms in total. The summed E-state index contributed by atoms with van der Waals surface area (Å²) in [5.74, 6) is 1.29. The molecule has 0 aromatic heterocycles. The normalized spacial score (nSPS) is 32.3. The molecular formula is C14H16N2O3. The van der Waals surface area contributed by atoms with E-state index in [0.29, 0.717) is 11.6 Å². The highest BCUT2D eigenvalue weighted by Crippen LogP contribution is 2.46. The number of carbonyl (C=O) groups excluding carboxylic acids is 1. The number of ether oxygens (including phenoxy) is 2. The number of nitrogens with zero attached hydrogens (tertiary/aromatic N) is 1. The van der Waals surface area contributed by atoms with Gasteiger partial charge in [0, 0.05) is 12.3 Å². The highest BCUT2D eigenvalue weighted by Gasteiger charge is 2.51. The summed E-state index contributed by atoms with van der Waals surface area (Å²) in [4.78, 5) is 14.1. The molecule has 0 spiro atoms. The maximum atomic E-state index is 12.2. The van der Waals surface area contributed by atoms with Crippen molar-refractivity contribution in [1.29, 1.82) is 0 Å². The number of nitrogen functional groups attached to an aromatic ring is 1. The second-order valence-electron chi connectivity index (χ2n) is 5.46. The number of hydrogen-bond donors (Lipinski definition) is 1. The standard InChI is InChI=1S/C14H16N2O3/c15-9-1-2-11-10(6-9)16(13(17)7-19-11)14-8-3-4-18-12(14)5-8/h1-2,6,8,12,14H,3-5,7,15H2. The molecule has 5 heteroatoms. The molecular weight excluding hydrogens is 244 g/mol. The van der Waals surface area contributed by atoms with Crippen LogP contribution in [-0.4, -0.2) is 31.3 Å². The number of anilines is 2. The number of fused-ring (bicyclic) bond motifs is 3. The summed E-state index contributed by atoms with van der Waals surface area (Å²) in [6.45, 7) is 0.918. The predicted molar refractivity (Wildman–Crippen MR) is 70.1 cm³/mol. The molecule has 1 saturated heterocycles. The van der Waals surface area contributed by atoms with Gasteiger partial charge in [-0.25, -0.2) is 0 Å². The quantitative estimate of drug-likeness (QED) is 0.770. The molecule has 1 aromatic rings. The van der Waals surface area contributed by atoms with Gasteiger partial charge in [-0.1, -0.05) is 0 Å².